The molecule has 140 valence electrons. The van der Waals surface area contributed by atoms with E-state index < -0.39 is 10.0 Å². The molecule has 0 saturated carbocycles. The Bertz CT molecular complexity index is 1030. The molecule has 0 radical (unpaired) electrons. The predicted molar refractivity (Wildman–Crippen MR) is 103 cm³/mol. The van der Waals surface area contributed by atoms with Crippen LogP contribution in [0.25, 0.3) is 0 Å². The van der Waals surface area contributed by atoms with Crippen molar-refractivity contribution in [2.75, 3.05) is 4.72 Å². The molecule has 2 aromatic carbocycles. The highest BCUT2D eigenvalue weighted by Gasteiger charge is 2.17. The summed E-state index contributed by atoms with van der Waals surface area (Å²) in [5.74, 6) is 0.238. The fourth-order valence-electron chi connectivity index (χ4n) is 2.62. The zero-order valence-corrected chi connectivity index (χ0v) is 15.6. The number of aryl methyl sites for hydroxylation is 1. The SMILES string of the molecule is CCc1ccccc1NS(=O)(=O)c1cccc(C(=O)NCc2ccco2)c1. The maximum atomic E-state index is 12.7. The molecule has 0 bridgehead atoms. The Labute approximate surface area is 158 Å². The Morgan fingerprint density at radius 2 is 1.85 bits per heavy atom. The molecule has 0 aliphatic rings. The highest BCUT2D eigenvalue weighted by atomic mass is 32.2. The second-order valence-electron chi connectivity index (χ2n) is 5.91. The summed E-state index contributed by atoms with van der Waals surface area (Å²) in [6.45, 7) is 2.18. The first-order valence-corrected chi connectivity index (χ1v) is 9.99. The summed E-state index contributed by atoms with van der Waals surface area (Å²) in [5, 5.41) is 2.70. The summed E-state index contributed by atoms with van der Waals surface area (Å²) in [6.07, 6.45) is 2.22. The number of carbonyl (C=O) groups excluding carboxylic acids is 1. The van der Waals surface area contributed by atoms with Crippen LogP contribution in [0.3, 0.4) is 0 Å². The number of benzene rings is 2. The third kappa shape index (κ3) is 4.57. The average Bonchev–Trinajstić information content (AvgIpc) is 3.20. The molecule has 1 aromatic heterocycles. The quantitative estimate of drug-likeness (QED) is 0.652. The fourth-order valence-corrected chi connectivity index (χ4v) is 3.77. The lowest BCUT2D eigenvalue weighted by atomic mass is 10.1. The van der Waals surface area contributed by atoms with Gasteiger partial charge in [0.15, 0.2) is 0 Å². The molecule has 0 fully saturated rings. The van der Waals surface area contributed by atoms with Gasteiger partial charge in [-0.05, 0) is 48.4 Å². The van der Waals surface area contributed by atoms with Crippen LogP contribution in [0.4, 0.5) is 5.69 Å². The van der Waals surface area contributed by atoms with Gasteiger partial charge in [0.05, 0.1) is 23.4 Å². The molecule has 2 N–H and O–H groups in total. The minimum absolute atomic E-state index is 0.0269. The number of nitrogens with one attached hydrogen (secondary N) is 2. The van der Waals surface area contributed by atoms with Crippen molar-refractivity contribution in [2.24, 2.45) is 0 Å². The van der Waals surface area contributed by atoms with Gasteiger partial charge in [-0.15, -0.1) is 0 Å². The van der Waals surface area contributed by atoms with E-state index >= 15 is 0 Å². The van der Waals surface area contributed by atoms with E-state index in [0.29, 0.717) is 17.9 Å². The van der Waals surface area contributed by atoms with Crippen molar-refractivity contribution in [3.63, 3.8) is 0 Å². The molecule has 0 atom stereocenters. The number of rotatable bonds is 7. The zero-order chi connectivity index (χ0) is 19.3. The van der Waals surface area contributed by atoms with Crippen LogP contribution in [-0.2, 0) is 23.0 Å². The van der Waals surface area contributed by atoms with E-state index in [0.717, 1.165) is 5.56 Å². The summed E-state index contributed by atoms with van der Waals surface area (Å²) in [6, 6.07) is 16.6. The normalized spacial score (nSPS) is 11.1. The summed E-state index contributed by atoms with van der Waals surface area (Å²) in [4.78, 5) is 12.3. The third-order valence-corrected chi connectivity index (χ3v) is 5.42. The van der Waals surface area contributed by atoms with E-state index in [1.54, 1.807) is 36.4 Å². The zero-order valence-electron chi connectivity index (χ0n) is 14.8. The lowest BCUT2D eigenvalue weighted by Gasteiger charge is -2.12. The highest BCUT2D eigenvalue weighted by molar-refractivity contribution is 7.92. The van der Waals surface area contributed by atoms with Gasteiger partial charge in [0, 0.05) is 5.56 Å². The summed E-state index contributed by atoms with van der Waals surface area (Å²) < 4.78 is 33.2. The van der Waals surface area contributed by atoms with Crippen molar-refractivity contribution in [1.82, 2.24) is 5.32 Å². The molecule has 3 rings (SSSR count). The number of para-hydroxylation sites is 1. The molecular formula is C20H20N2O4S. The molecule has 1 amide bonds. The van der Waals surface area contributed by atoms with Crippen molar-refractivity contribution < 1.29 is 17.6 Å². The van der Waals surface area contributed by atoms with Gasteiger partial charge in [0.25, 0.3) is 15.9 Å². The largest absolute Gasteiger partial charge is 0.467 e. The standard InChI is InChI=1S/C20H20N2O4S/c1-2-15-7-3-4-11-19(15)22-27(24,25)18-10-5-8-16(13-18)20(23)21-14-17-9-6-12-26-17/h3-13,22H,2,14H2,1H3,(H,21,23). The monoisotopic (exact) mass is 384 g/mol. The van der Waals surface area contributed by atoms with E-state index in [9.17, 15) is 13.2 Å². The molecule has 0 spiro atoms. The van der Waals surface area contributed by atoms with E-state index in [2.05, 4.69) is 10.0 Å². The maximum Gasteiger partial charge on any atom is 0.261 e. The van der Waals surface area contributed by atoms with Crippen LogP contribution in [0.2, 0.25) is 0 Å². The van der Waals surface area contributed by atoms with Gasteiger partial charge < -0.3 is 9.73 Å². The summed E-state index contributed by atoms with van der Waals surface area (Å²) in [5.41, 5.74) is 1.69. The van der Waals surface area contributed by atoms with Crippen LogP contribution in [0.1, 0.15) is 28.6 Å². The van der Waals surface area contributed by atoms with Crippen LogP contribution in [0.15, 0.2) is 76.2 Å². The number of anilines is 1. The van der Waals surface area contributed by atoms with Gasteiger partial charge in [0.1, 0.15) is 5.76 Å². The number of sulfonamides is 1. The van der Waals surface area contributed by atoms with Crippen molar-refractivity contribution in [2.45, 2.75) is 24.8 Å². The summed E-state index contributed by atoms with van der Waals surface area (Å²) >= 11 is 0. The molecule has 3 aromatic rings. The predicted octanol–water partition coefficient (Wildman–Crippen LogP) is 3.57. The Balaban J connectivity index is 1.78. The van der Waals surface area contributed by atoms with Gasteiger partial charge in [-0.3, -0.25) is 9.52 Å². The molecule has 0 saturated heterocycles. The first kappa shape index (κ1) is 18.7. The molecule has 7 heteroatoms. The minimum atomic E-state index is -3.81. The highest BCUT2D eigenvalue weighted by Crippen LogP contribution is 2.21. The fraction of sp³-hybridized carbons (Fsp3) is 0.150. The van der Waals surface area contributed by atoms with Gasteiger partial charge >= 0.3 is 0 Å². The van der Waals surface area contributed by atoms with E-state index in [4.69, 9.17) is 4.42 Å². The molecule has 27 heavy (non-hydrogen) atoms. The third-order valence-electron chi connectivity index (χ3n) is 4.05. The molecule has 0 unspecified atom stereocenters. The number of hydrogen-bond acceptors (Lipinski definition) is 4. The second-order valence-corrected chi connectivity index (χ2v) is 7.59. The molecule has 0 aliphatic heterocycles. The molecule has 6 nitrogen and oxygen atoms in total. The van der Waals surface area contributed by atoms with E-state index in [1.807, 2.05) is 19.1 Å². The number of carbonyl (C=O) groups is 1. The lowest BCUT2D eigenvalue weighted by Crippen LogP contribution is -2.23. The number of amides is 1. The molecule has 0 aliphatic carbocycles. The second kappa shape index (κ2) is 8.09. The van der Waals surface area contributed by atoms with Gasteiger partial charge in [-0.1, -0.05) is 31.2 Å². The van der Waals surface area contributed by atoms with Crippen LogP contribution >= 0.6 is 0 Å². The lowest BCUT2D eigenvalue weighted by molar-refractivity contribution is 0.0948. The van der Waals surface area contributed by atoms with Gasteiger partial charge in [0.2, 0.25) is 0 Å². The molecule has 1 heterocycles. The topological polar surface area (TPSA) is 88.4 Å². The van der Waals surface area contributed by atoms with Crippen molar-refractivity contribution >= 4 is 21.6 Å². The Kier molecular flexibility index (Phi) is 5.61. The van der Waals surface area contributed by atoms with Crippen molar-refractivity contribution in [3.8, 4) is 0 Å². The van der Waals surface area contributed by atoms with Crippen LogP contribution in [0.5, 0.6) is 0 Å². The molecular weight excluding hydrogens is 364 g/mol. The van der Waals surface area contributed by atoms with Gasteiger partial charge in [-0.2, -0.15) is 0 Å². The van der Waals surface area contributed by atoms with Crippen molar-refractivity contribution in [1.29, 1.82) is 0 Å². The summed E-state index contributed by atoms with van der Waals surface area (Å²) in [7, 11) is -3.81. The smallest absolute Gasteiger partial charge is 0.261 e. The van der Waals surface area contributed by atoms with Crippen LogP contribution in [-0.4, -0.2) is 14.3 Å². The average molecular weight is 384 g/mol. The van der Waals surface area contributed by atoms with Crippen molar-refractivity contribution in [3.05, 3.63) is 83.8 Å². The maximum absolute atomic E-state index is 12.7. The van der Waals surface area contributed by atoms with E-state index in [1.165, 1.54) is 18.4 Å². The minimum Gasteiger partial charge on any atom is -0.467 e. The first-order valence-electron chi connectivity index (χ1n) is 8.51. The van der Waals surface area contributed by atoms with Crippen LogP contribution < -0.4 is 10.0 Å². The van der Waals surface area contributed by atoms with E-state index in [-0.39, 0.29) is 22.9 Å². The first-order chi connectivity index (χ1) is 13.0. The Morgan fingerprint density at radius 3 is 2.59 bits per heavy atom. The number of hydrogen-bond donors (Lipinski definition) is 2. The Morgan fingerprint density at radius 1 is 1.04 bits per heavy atom. The van der Waals surface area contributed by atoms with Crippen LogP contribution in [0, 0.1) is 0 Å². The van der Waals surface area contributed by atoms with Gasteiger partial charge in [-0.25, -0.2) is 8.42 Å². The number of furan rings is 1. The Hall–Kier alpha value is -3.06.